The minimum atomic E-state index is -0.191. The fraction of sp³-hybridized carbons (Fsp3) is 0.471. The number of fused-ring (bicyclic) bond motifs is 1. The largest absolute Gasteiger partial charge is 0.394 e. The number of aryl methyl sites for hydroxylation is 1. The van der Waals surface area contributed by atoms with E-state index in [1.165, 1.54) is 0 Å². The molecule has 0 aliphatic carbocycles. The minimum absolute atomic E-state index is 0.0498. The number of aliphatic hydroxyl groups excluding tert-OH is 1. The van der Waals surface area contributed by atoms with E-state index in [0.29, 0.717) is 36.0 Å². The third kappa shape index (κ3) is 5.35. The van der Waals surface area contributed by atoms with Gasteiger partial charge < -0.3 is 15.4 Å². The number of nitrogens with zero attached hydrogens (tertiary/aromatic N) is 1. The Kier molecular flexibility index (Phi) is 7.27. The van der Waals surface area contributed by atoms with Gasteiger partial charge in [0.05, 0.1) is 23.6 Å². The second-order valence-corrected chi connectivity index (χ2v) is 6.60. The number of thioether (sulfide) groups is 1. The van der Waals surface area contributed by atoms with E-state index in [1.54, 1.807) is 30.0 Å². The molecular weight excluding hydrogens is 326 g/mol. The van der Waals surface area contributed by atoms with Crippen LogP contribution in [0.15, 0.2) is 29.1 Å². The molecule has 1 amide bonds. The Morgan fingerprint density at radius 3 is 2.96 bits per heavy atom. The molecule has 0 saturated heterocycles. The summed E-state index contributed by atoms with van der Waals surface area (Å²) < 4.78 is 0. The van der Waals surface area contributed by atoms with Crippen LogP contribution in [0.3, 0.4) is 0 Å². The van der Waals surface area contributed by atoms with Crippen LogP contribution in [0.25, 0.3) is 10.9 Å². The SMILES string of the molecule is CSCCC(CO)NC(=O)CCCc1nc2ccccc2c(=O)[nH]1. The molecule has 3 N–H and O–H groups in total. The molecule has 6 nitrogen and oxygen atoms in total. The highest BCUT2D eigenvalue weighted by Gasteiger charge is 2.11. The van der Waals surface area contributed by atoms with Crippen LogP contribution in [0.4, 0.5) is 0 Å². The van der Waals surface area contributed by atoms with Gasteiger partial charge in [-0.2, -0.15) is 11.8 Å². The fourth-order valence-electron chi connectivity index (χ4n) is 2.44. The van der Waals surface area contributed by atoms with Crippen molar-refractivity contribution in [3.05, 3.63) is 40.4 Å². The topological polar surface area (TPSA) is 95.1 Å². The van der Waals surface area contributed by atoms with Gasteiger partial charge in [0.25, 0.3) is 5.56 Å². The summed E-state index contributed by atoms with van der Waals surface area (Å²) in [5.74, 6) is 1.40. The Bertz CT molecular complexity index is 732. The first-order valence-electron chi connectivity index (χ1n) is 8.01. The van der Waals surface area contributed by atoms with Gasteiger partial charge in [0, 0.05) is 12.8 Å². The van der Waals surface area contributed by atoms with Crippen molar-refractivity contribution >= 4 is 28.6 Å². The summed E-state index contributed by atoms with van der Waals surface area (Å²) in [7, 11) is 0. The highest BCUT2D eigenvalue weighted by atomic mass is 32.2. The Hall–Kier alpha value is -1.86. The standard InChI is InChI=1S/C17H23N3O3S/c1-24-10-9-12(11-21)18-16(22)8-4-7-15-19-14-6-3-2-5-13(14)17(23)20-15/h2-3,5-6,12,21H,4,7-11H2,1H3,(H,18,22)(H,19,20,23). The molecule has 2 aromatic rings. The van der Waals surface area contributed by atoms with Gasteiger partial charge in [0.2, 0.25) is 5.91 Å². The average molecular weight is 349 g/mol. The first kappa shape index (κ1) is 18.5. The highest BCUT2D eigenvalue weighted by Crippen LogP contribution is 2.07. The van der Waals surface area contributed by atoms with Crippen molar-refractivity contribution in [3.63, 3.8) is 0 Å². The van der Waals surface area contributed by atoms with Crippen molar-refractivity contribution in [2.24, 2.45) is 0 Å². The Balaban J connectivity index is 1.85. The van der Waals surface area contributed by atoms with E-state index >= 15 is 0 Å². The lowest BCUT2D eigenvalue weighted by Gasteiger charge is -2.15. The van der Waals surface area contributed by atoms with Gasteiger partial charge in [-0.3, -0.25) is 9.59 Å². The Labute approximate surface area is 145 Å². The number of rotatable bonds is 9. The molecule has 24 heavy (non-hydrogen) atoms. The molecule has 0 aliphatic heterocycles. The van der Waals surface area contributed by atoms with Crippen molar-refractivity contribution in [1.29, 1.82) is 0 Å². The summed E-state index contributed by atoms with van der Waals surface area (Å²) in [6, 6.07) is 7.00. The van der Waals surface area contributed by atoms with Crippen LogP contribution in [0.5, 0.6) is 0 Å². The van der Waals surface area contributed by atoms with E-state index in [0.717, 1.165) is 12.2 Å². The van der Waals surface area contributed by atoms with Crippen LogP contribution in [-0.4, -0.2) is 45.6 Å². The zero-order valence-corrected chi connectivity index (χ0v) is 14.6. The highest BCUT2D eigenvalue weighted by molar-refractivity contribution is 7.98. The van der Waals surface area contributed by atoms with E-state index < -0.39 is 0 Å². The van der Waals surface area contributed by atoms with Crippen molar-refractivity contribution in [1.82, 2.24) is 15.3 Å². The molecule has 0 fully saturated rings. The summed E-state index contributed by atoms with van der Waals surface area (Å²) in [6.07, 6.45) is 4.21. The number of aliphatic hydroxyl groups is 1. The number of hydrogen-bond acceptors (Lipinski definition) is 5. The smallest absolute Gasteiger partial charge is 0.258 e. The number of nitrogens with one attached hydrogen (secondary N) is 2. The van der Waals surface area contributed by atoms with E-state index in [-0.39, 0.29) is 24.1 Å². The van der Waals surface area contributed by atoms with Crippen LogP contribution < -0.4 is 10.9 Å². The lowest BCUT2D eigenvalue weighted by molar-refractivity contribution is -0.122. The van der Waals surface area contributed by atoms with E-state index in [2.05, 4.69) is 15.3 Å². The van der Waals surface area contributed by atoms with Crippen molar-refractivity contribution < 1.29 is 9.90 Å². The summed E-state index contributed by atoms with van der Waals surface area (Å²) in [6.45, 7) is -0.0498. The fourth-order valence-corrected chi connectivity index (χ4v) is 2.96. The van der Waals surface area contributed by atoms with Crippen LogP contribution in [0.1, 0.15) is 25.1 Å². The molecule has 1 aromatic heterocycles. The Morgan fingerprint density at radius 1 is 1.42 bits per heavy atom. The normalized spacial score (nSPS) is 12.2. The summed E-state index contributed by atoms with van der Waals surface area (Å²) in [4.78, 5) is 31.1. The predicted octanol–water partition coefficient (Wildman–Crippen LogP) is 1.48. The number of H-pyrrole nitrogens is 1. The molecule has 0 radical (unpaired) electrons. The lowest BCUT2D eigenvalue weighted by atomic mass is 10.2. The van der Waals surface area contributed by atoms with E-state index in [9.17, 15) is 14.7 Å². The molecule has 1 aromatic carbocycles. The van der Waals surface area contributed by atoms with Gasteiger partial charge in [0.15, 0.2) is 0 Å². The van der Waals surface area contributed by atoms with Gasteiger partial charge in [-0.25, -0.2) is 4.98 Å². The molecule has 0 saturated carbocycles. The van der Waals surface area contributed by atoms with Crippen LogP contribution >= 0.6 is 11.8 Å². The first-order chi connectivity index (χ1) is 11.6. The molecule has 0 bridgehead atoms. The molecule has 1 atom stereocenters. The number of benzene rings is 1. The van der Waals surface area contributed by atoms with Gasteiger partial charge in [-0.05, 0) is 37.0 Å². The van der Waals surface area contributed by atoms with Crippen molar-refractivity contribution in [3.8, 4) is 0 Å². The average Bonchev–Trinajstić information content (AvgIpc) is 2.58. The van der Waals surface area contributed by atoms with Gasteiger partial charge in [-0.1, -0.05) is 12.1 Å². The van der Waals surface area contributed by atoms with Gasteiger partial charge >= 0.3 is 0 Å². The number of para-hydroxylation sites is 1. The minimum Gasteiger partial charge on any atom is -0.394 e. The molecule has 0 aliphatic rings. The van der Waals surface area contributed by atoms with Crippen molar-refractivity contribution in [2.75, 3.05) is 18.6 Å². The molecule has 130 valence electrons. The first-order valence-corrected chi connectivity index (χ1v) is 9.40. The lowest BCUT2D eigenvalue weighted by Crippen LogP contribution is -2.37. The van der Waals surface area contributed by atoms with Crippen LogP contribution in [0, 0.1) is 0 Å². The monoisotopic (exact) mass is 349 g/mol. The summed E-state index contributed by atoms with van der Waals surface area (Å²) >= 11 is 1.69. The maximum absolute atomic E-state index is 12.0. The number of aromatic nitrogens is 2. The van der Waals surface area contributed by atoms with Gasteiger partial charge in [0.1, 0.15) is 5.82 Å². The van der Waals surface area contributed by atoms with Gasteiger partial charge in [-0.15, -0.1) is 0 Å². The Morgan fingerprint density at radius 2 is 2.21 bits per heavy atom. The summed E-state index contributed by atoms with van der Waals surface area (Å²) in [5.41, 5.74) is 0.510. The second kappa shape index (κ2) is 9.44. The zero-order chi connectivity index (χ0) is 17.4. The molecule has 7 heteroatoms. The predicted molar refractivity (Wildman–Crippen MR) is 97.3 cm³/mol. The number of hydrogen-bond donors (Lipinski definition) is 3. The molecular formula is C17H23N3O3S. The van der Waals surface area contributed by atoms with E-state index in [4.69, 9.17) is 0 Å². The molecule has 1 heterocycles. The third-order valence-electron chi connectivity index (χ3n) is 3.74. The van der Waals surface area contributed by atoms with Crippen molar-refractivity contribution in [2.45, 2.75) is 31.7 Å². The number of aromatic amines is 1. The second-order valence-electron chi connectivity index (χ2n) is 5.61. The molecule has 2 rings (SSSR count). The maximum Gasteiger partial charge on any atom is 0.258 e. The molecule has 1 unspecified atom stereocenters. The zero-order valence-electron chi connectivity index (χ0n) is 13.7. The number of amides is 1. The number of carbonyl (C=O) groups is 1. The van der Waals surface area contributed by atoms with Crippen LogP contribution in [0.2, 0.25) is 0 Å². The third-order valence-corrected chi connectivity index (χ3v) is 4.38. The quantitative estimate of drug-likeness (QED) is 0.637. The van der Waals surface area contributed by atoms with Crippen LogP contribution in [-0.2, 0) is 11.2 Å². The maximum atomic E-state index is 12.0. The summed E-state index contributed by atoms with van der Waals surface area (Å²) in [5, 5.41) is 12.7. The number of carbonyl (C=O) groups excluding carboxylic acids is 1. The molecule has 0 spiro atoms. The van der Waals surface area contributed by atoms with E-state index in [1.807, 2.05) is 12.3 Å².